The maximum Gasteiger partial charge on any atom is 0.144 e. The molecule has 3 rings (SSSR count). The first-order valence-electron chi connectivity index (χ1n) is 10.1. The Morgan fingerprint density at radius 1 is 1.30 bits per heavy atom. The molecular weight excluding hydrogens is 358 g/mol. The van der Waals surface area contributed by atoms with Crippen LogP contribution in [0.5, 0.6) is 5.75 Å². The van der Waals surface area contributed by atoms with E-state index in [0.29, 0.717) is 12.5 Å². The molecular formula is C22H33NO3S. The molecule has 1 saturated carbocycles. The van der Waals surface area contributed by atoms with Crippen molar-refractivity contribution in [2.45, 2.75) is 77.6 Å². The van der Waals surface area contributed by atoms with Crippen LogP contribution in [0.1, 0.15) is 71.4 Å². The highest BCUT2D eigenvalue weighted by molar-refractivity contribution is 7.91. The third-order valence-electron chi connectivity index (χ3n) is 5.56. The monoisotopic (exact) mass is 391 g/mol. The highest BCUT2D eigenvalue weighted by Crippen LogP contribution is 2.49. The first-order chi connectivity index (χ1) is 12.6. The van der Waals surface area contributed by atoms with Crippen LogP contribution >= 0.6 is 0 Å². The van der Waals surface area contributed by atoms with E-state index in [9.17, 15) is 9.66 Å². The van der Waals surface area contributed by atoms with Crippen LogP contribution in [0.15, 0.2) is 22.6 Å². The largest absolute Gasteiger partial charge is 0.591 e. The molecule has 4 nitrogen and oxygen atoms in total. The van der Waals surface area contributed by atoms with Crippen LogP contribution in [0, 0.1) is 11.3 Å². The number of nitrogens with zero attached hydrogens (tertiary/aromatic N) is 1. The van der Waals surface area contributed by atoms with Crippen molar-refractivity contribution >= 4 is 17.1 Å². The Labute approximate surface area is 166 Å². The molecule has 0 aliphatic heterocycles. The second-order valence-electron chi connectivity index (χ2n) is 9.51. The second-order valence-corrected chi connectivity index (χ2v) is 11.4. The summed E-state index contributed by atoms with van der Waals surface area (Å²) >= 11 is -1.30. The zero-order valence-electron chi connectivity index (χ0n) is 17.2. The van der Waals surface area contributed by atoms with E-state index in [1.54, 1.807) is 0 Å². The first kappa shape index (κ1) is 20.7. The summed E-state index contributed by atoms with van der Waals surface area (Å²) in [6.45, 7) is 10.8. The summed E-state index contributed by atoms with van der Waals surface area (Å²) in [5.74, 6) is 1.32. The Morgan fingerprint density at radius 3 is 2.56 bits per heavy atom. The predicted octanol–water partition coefficient (Wildman–Crippen LogP) is 4.45. The fraction of sp³-hybridized carbons (Fsp3) is 0.682. The summed E-state index contributed by atoms with van der Waals surface area (Å²) in [5.41, 5.74) is 3.21. The Hall–Kier alpha value is -1.04. The van der Waals surface area contributed by atoms with Crippen LogP contribution in [0.25, 0.3) is 0 Å². The quantitative estimate of drug-likeness (QED) is 0.771. The van der Waals surface area contributed by atoms with Crippen molar-refractivity contribution in [1.29, 1.82) is 0 Å². The number of fused-ring (bicyclic) bond motifs is 1. The molecule has 27 heavy (non-hydrogen) atoms. The lowest BCUT2D eigenvalue weighted by Crippen LogP contribution is -2.37. The van der Waals surface area contributed by atoms with Crippen LogP contribution in [0.4, 0.5) is 0 Å². The first-order valence-corrected chi connectivity index (χ1v) is 11.2. The maximum atomic E-state index is 12.9. The average molecular weight is 392 g/mol. The van der Waals surface area contributed by atoms with Gasteiger partial charge in [-0.25, -0.2) is 0 Å². The molecule has 5 heteroatoms. The van der Waals surface area contributed by atoms with Gasteiger partial charge in [0.15, 0.2) is 0 Å². The lowest BCUT2D eigenvalue weighted by atomic mass is 9.70. The average Bonchev–Trinajstić information content (AvgIpc) is 2.88. The lowest BCUT2D eigenvalue weighted by Gasteiger charge is -2.36. The summed E-state index contributed by atoms with van der Waals surface area (Å²) in [6.07, 6.45) is 4.05. The molecule has 2 aliphatic carbocycles. The van der Waals surface area contributed by atoms with Crippen LogP contribution in [0.3, 0.4) is 0 Å². The number of hydrogen-bond acceptors (Lipinski definition) is 4. The summed E-state index contributed by atoms with van der Waals surface area (Å²) < 4.78 is 23.2. The van der Waals surface area contributed by atoms with E-state index in [1.165, 1.54) is 5.56 Å². The summed E-state index contributed by atoms with van der Waals surface area (Å²) in [5, 5.41) is 10.0. The van der Waals surface area contributed by atoms with E-state index in [-0.39, 0.29) is 11.5 Å². The van der Waals surface area contributed by atoms with E-state index in [2.05, 4.69) is 26.0 Å². The minimum atomic E-state index is -1.30. The number of rotatable bonds is 4. The molecule has 1 N–H and O–H groups in total. The molecule has 0 aromatic heterocycles. The Kier molecular flexibility index (Phi) is 5.95. The van der Waals surface area contributed by atoms with Crippen molar-refractivity contribution in [3.05, 3.63) is 29.3 Å². The van der Waals surface area contributed by atoms with Crippen LogP contribution in [-0.2, 0) is 17.8 Å². The van der Waals surface area contributed by atoms with Crippen LogP contribution < -0.4 is 4.74 Å². The van der Waals surface area contributed by atoms with Crippen LogP contribution in [0.2, 0.25) is 0 Å². The Morgan fingerprint density at radius 2 is 1.96 bits per heavy atom. The minimum Gasteiger partial charge on any atom is -0.591 e. The van der Waals surface area contributed by atoms with E-state index >= 15 is 0 Å². The van der Waals surface area contributed by atoms with Gasteiger partial charge in [-0.05, 0) is 76.5 Å². The minimum absolute atomic E-state index is 0.0981. The van der Waals surface area contributed by atoms with Gasteiger partial charge in [0, 0.05) is 11.0 Å². The SMILES string of the molecule is CC(C)COc1ccc2c(c1)/C(=N/[S+]([O-])C(C)(C)C)[C@]1(CC[C@H](O)CC1)C2. The van der Waals surface area contributed by atoms with Gasteiger partial charge < -0.3 is 14.4 Å². The van der Waals surface area contributed by atoms with Crippen molar-refractivity contribution in [2.24, 2.45) is 15.7 Å². The number of aliphatic hydroxyl groups is 1. The molecule has 1 spiro atoms. The van der Waals surface area contributed by atoms with Crippen molar-refractivity contribution in [1.82, 2.24) is 0 Å². The topological polar surface area (TPSA) is 64.9 Å². The predicted molar refractivity (Wildman–Crippen MR) is 112 cm³/mol. The molecule has 0 radical (unpaired) electrons. The van der Waals surface area contributed by atoms with Gasteiger partial charge in [0.05, 0.1) is 12.7 Å². The van der Waals surface area contributed by atoms with Gasteiger partial charge in [-0.15, -0.1) is 0 Å². The highest BCUT2D eigenvalue weighted by Gasteiger charge is 2.47. The maximum absolute atomic E-state index is 12.9. The molecule has 1 unspecified atom stereocenters. The van der Waals surface area contributed by atoms with Crippen molar-refractivity contribution in [3.8, 4) is 5.75 Å². The fourth-order valence-corrected chi connectivity index (χ4v) is 4.68. The molecule has 150 valence electrons. The zero-order chi connectivity index (χ0) is 19.8. The second kappa shape index (κ2) is 7.76. The van der Waals surface area contributed by atoms with E-state index < -0.39 is 16.1 Å². The van der Waals surface area contributed by atoms with Gasteiger partial charge in [0.2, 0.25) is 0 Å². The van der Waals surface area contributed by atoms with Gasteiger partial charge in [0.25, 0.3) is 0 Å². The normalized spacial score (nSPS) is 28.0. The van der Waals surface area contributed by atoms with E-state index in [0.717, 1.165) is 49.1 Å². The molecule has 1 fully saturated rings. The zero-order valence-corrected chi connectivity index (χ0v) is 18.1. The van der Waals surface area contributed by atoms with Crippen molar-refractivity contribution < 1.29 is 14.4 Å². The molecule has 2 aliphatic rings. The molecule has 0 saturated heterocycles. The van der Waals surface area contributed by atoms with Gasteiger partial charge in [0.1, 0.15) is 27.6 Å². The summed E-state index contributed by atoms with van der Waals surface area (Å²) in [7, 11) is 0. The van der Waals surface area contributed by atoms with E-state index in [4.69, 9.17) is 9.13 Å². The van der Waals surface area contributed by atoms with Crippen molar-refractivity contribution in [2.75, 3.05) is 6.61 Å². The third-order valence-corrected chi connectivity index (χ3v) is 6.96. The van der Waals surface area contributed by atoms with Gasteiger partial charge in [-0.3, -0.25) is 0 Å². The number of benzene rings is 1. The van der Waals surface area contributed by atoms with Gasteiger partial charge >= 0.3 is 0 Å². The Bertz CT molecular complexity index is 700. The smallest absolute Gasteiger partial charge is 0.144 e. The van der Waals surface area contributed by atoms with Crippen LogP contribution in [-0.4, -0.2) is 32.8 Å². The van der Waals surface area contributed by atoms with Gasteiger partial charge in [-0.1, -0.05) is 24.3 Å². The molecule has 1 atom stereocenters. The lowest BCUT2D eigenvalue weighted by molar-refractivity contribution is 0.0934. The highest BCUT2D eigenvalue weighted by atomic mass is 32.2. The molecule has 0 heterocycles. The molecule has 0 bridgehead atoms. The standard InChI is InChI=1S/C22H33NO3S/c1-15(2)14-26-18-7-6-16-13-22(10-8-17(24)9-11-22)20(19(16)12-18)23-27(25)21(3,4)5/h6-7,12,15,17,24H,8-11,13-14H2,1-5H3/b23-20-/t17-,22-,27?. The molecule has 0 amide bonds. The molecule has 1 aromatic carbocycles. The summed E-state index contributed by atoms with van der Waals surface area (Å²) in [4.78, 5) is 0. The number of ether oxygens (including phenoxy) is 1. The Balaban J connectivity index is 1.99. The van der Waals surface area contributed by atoms with Crippen molar-refractivity contribution in [3.63, 3.8) is 0 Å². The molecule has 1 aromatic rings. The third kappa shape index (κ3) is 4.52. The summed E-state index contributed by atoms with van der Waals surface area (Å²) in [6, 6.07) is 6.26. The van der Waals surface area contributed by atoms with E-state index in [1.807, 2.05) is 26.8 Å². The number of aliphatic hydroxyl groups excluding tert-OH is 1. The van der Waals surface area contributed by atoms with Gasteiger partial charge in [-0.2, -0.15) is 0 Å². The fourth-order valence-electron chi connectivity index (χ4n) is 3.95. The number of hydrogen-bond donors (Lipinski definition) is 1.